The van der Waals surface area contributed by atoms with Crippen molar-refractivity contribution in [3.63, 3.8) is 0 Å². The number of nitrogens with zero attached hydrogens (tertiary/aromatic N) is 1. The number of likely N-dealkylation sites (tertiary alicyclic amines) is 1. The first-order valence-corrected chi connectivity index (χ1v) is 9.36. The van der Waals surface area contributed by atoms with Crippen molar-refractivity contribution < 1.29 is 9.13 Å². The molecule has 2 aliphatic rings. The number of nitrogens with one attached hydrogen (secondary N) is 1. The van der Waals surface area contributed by atoms with E-state index in [0.29, 0.717) is 6.61 Å². The maximum atomic E-state index is 13.3. The van der Waals surface area contributed by atoms with E-state index in [9.17, 15) is 4.39 Å². The number of benzene rings is 1. The molecule has 5 heteroatoms. The van der Waals surface area contributed by atoms with Crippen LogP contribution in [0, 0.1) is 12.7 Å². The van der Waals surface area contributed by atoms with E-state index in [-0.39, 0.29) is 17.5 Å². The van der Waals surface area contributed by atoms with Gasteiger partial charge >= 0.3 is 0 Å². The fraction of sp³-hybridized carbons (Fsp3) is 0.474. The third-order valence-corrected chi connectivity index (χ3v) is 5.96. The zero-order chi connectivity index (χ0) is 16.6. The molecule has 0 amide bonds. The molecule has 2 fully saturated rings. The molecule has 2 atom stereocenters. The fourth-order valence-corrected chi connectivity index (χ4v) is 4.82. The molecule has 4 rings (SSSR count). The number of hydrogen-bond acceptors (Lipinski definition) is 4. The van der Waals surface area contributed by atoms with Gasteiger partial charge in [0, 0.05) is 41.5 Å². The molecule has 2 saturated heterocycles. The molecule has 0 radical (unpaired) electrons. The highest BCUT2D eigenvalue weighted by Gasteiger charge is 2.45. The van der Waals surface area contributed by atoms with Crippen LogP contribution in [0.2, 0.25) is 0 Å². The third kappa shape index (κ3) is 3.48. The minimum Gasteiger partial charge on any atom is -0.380 e. The maximum absolute atomic E-state index is 13.3. The Balaban J connectivity index is 1.34. The highest BCUT2D eigenvalue weighted by atomic mass is 32.1. The maximum Gasteiger partial charge on any atom is 0.125 e. The number of aryl methyl sites for hydroxylation is 1. The van der Waals surface area contributed by atoms with Crippen molar-refractivity contribution >= 4 is 17.0 Å². The monoisotopic (exact) mass is 346 g/mol. The van der Waals surface area contributed by atoms with Crippen LogP contribution in [-0.4, -0.2) is 36.2 Å². The Morgan fingerprint density at radius 1 is 1.38 bits per heavy atom. The molecule has 1 N–H and O–H groups in total. The summed E-state index contributed by atoms with van der Waals surface area (Å²) in [6.07, 6.45) is 2.07. The van der Waals surface area contributed by atoms with Gasteiger partial charge in [0.2, 0.25) is 0 Å². The van der Waals surface area contributed by atoms with Gasteiger partial charge in [-0.25, -0.2) is 4.39 Å². The standard InChI is InChI=1S/C19H23FN2OS/c1-14-5-6-18(24-14)11-22-8-7-19(13-22)10-17(12-23-19)21-16-4-2-3-15(20)9-16/h2-6,9,17,21H,7-8,10-13H2,1H3/t17-,19+/m0/s1. The van der Waals surface area contributed by atoms with Crippen LogP contribution in [0.5, 0.6) is 0 Å². The second kappa shape index (κ2) is 6.47. The van der Waals surface area contributed by atoms with Crippen LogP contribution in [0.1, 0.15) is 22.6 Å². The van der Waals surface area contributed by atoms with Gasteiger partial charge in [-0.3, -0.25) is 4.90 Å². The van der Waals surface area contributed by atoms with Crippen LogP contribution >= 0.6 is 11.3 Å². The van der Waals surface area contributed by atoms with E-state index < -0.39 is 0 Å². The van der Waals surface area contributed by atoms with Crippen molar-refractivity contribution in [1.29, 1.82) is 0 Å². The predicted molar refractivity (Wildman–Crippen MR) is 96.1 cm³/mol. The van der Waals surface area contributed by atoms with Crippen LogP contribution in [0.4, 0.5) is 10.1 Å². The molecule has 0 aliphatic carbocycles. The Hall–Kier alpha value is -1.43. The van der Waals surface area contributed by atoms with E-state index in [0.717, 1.165) is 38.2 Å². The SMILES string of the molecule is Cc1ccc(CN2CC[C@@]3(C[C@H](Nc4cccc(F)c4)CO3)C2)s1. The average molecular weight is 346 g/mol. The Morgan fingerprint density at radius 3 is 3.08 bits per heavy atom. The molecule has 0 unspecified atom stereocenters. The van der Waals surface area contributed by atoms with Crippen molar-refractivity contribution in [3.05, 3.63) is 52.0 Å². The number of thiophene rings is 1. The lowest BCUT2D eigenvalue weighted by Crippen LogP contribution is -2.33. The summed E-state index contributed by atoms with van der Waals surface area (Å²) in [5, 5.41) is 3.42. The van der Waals surface area contributed by atoms with E-state index >= 15 is 0 Å². The lowest BCUT2D eigenvalue weighted by molar-refractivity contribution is 0.0120. The first-order chi connectivity index (χ1) is 11.6. The Bertz CT molecular complexity index is 719. The van der Waals surface area contributed by atoms with Crippen molar-refractivity contribution in [3.8, 4) is 0 Å². The van der Waals surface area contributed by atoms with Gasteiger partial charge in [-0.1, -0.05) is 6.07 Å². The van der Waals surface area contributed by atoms with Crippen molar-refractivity contribution in [2.75, 3.05) is 25.0 Å². The Kier molecular flexibility index (Phi) is 4.33. The van der Waals surface area contributed by atoms with Crippen LogP contribution in [0.15, 0.2) is 36.4 Å². The summed E-state index contributed by atoms with van der Waals surface area (Å²) in [7, 11) is 0. The first kappa shape index (κ1) is 16.1. The smallest absolute Gasteiger partial charge is 0.125 e. The molecule has 2 aromatic rings. The zero-order valence-corrected chi connectivity index (χ0v) is 14.7. The first-order valence-electron chi connectivity index (χ1n) is 8.54. The molecular weight excluding hydrogens is 323 g/mol. The predicted octanol–water partition coefficient (Wildman–Crippen LogP) is 4.04. The van der Waals surface area contributed by atoms with Crippen molar-refractivity contribution in [2.45, 2.75) is 38.0 Å². The van der Waals surface area contributed by atoms with Crippen LogP contribution < -0.4 is 5.32 Å². The summed E-state index contributed by atoms with van der Waals surface area (Å²) in [5.41, 5.74) is 0.807. The topological polar surface area (TPSA) is 24.5 Å². The lowest BCUT2D eigenvalue weighted by Gasteiger charge is -2.23. The molecule has 3 nitrogen and oxygen atoms in total. The van der Waals surface area contributed by atoms with E-state index in [2.05, 4.69) is 29.3 Å². The van der Waals surface area contributed by atoms with Gasteiger partial charge < -0.3 is 10.1 Å². The van der Waals surface area contributed by atoms with Crippen LogP contribution in [0.3, 0.4) is 0 Å². The lowest BCUT2D eigenvalue weighted by atomic mass is 9.97. The summed E-state index contributed by atoms with van der Waals surface area (Å²) >= 11 is 1.88. The molecule has 1 aromatic heterocycles. The molecular formula is C19H23FN2OS. The number of rotatable bonds is 4. The molecule has 3 heterocycles. The summed E-state index contributed by atoms with van der Waals surface area (Å²) in [4.78, 5) is 5.29. The number of hydrogen-bond donors (Lipinski definition) is 1. The van der Waals surface area contributed by atoms with Crippen molar-refractivity contribution in [1.82, 2.24) is 4.90 Å². The number of ether oxygens (including phenoxy) is 1. The van der Waals surface area contributed by atoms with Gasteiger partial charge in [-0.05, 0) is 43.7 Å². The minimum absolute atomic E-state index is 0.0305. The molecule has 2 aliphatic heterocycles. The van der Waals surface area contributed by atoms with Gasteiger partial charge in [0.05, 0.1) is 18.2 Å². The van der Waals surface area contributed by atoms with Gasteiger partial charge in [0.1, 0.15) is 5.82 Å². The van der Waals surface area contributed by atoms with E-state index in [1.165, 1.54) is 15.8 Å². The number of anilines is 1. The highest BCUT2D eigenvalue weighted by Crippen LogP contribution is 2.37. The van der Waals surface area contributed by atoms with Crippen molar-refractivity contribution in [2.24, 2.45) is 0 Å². The minimum atomic E-state index is -0.202. The van der Waals surface area contributed by atoms with E-state index in [1.54, 1.807) is 12.1 Å². The quantitative estimate of drug-likeness (QED) is 0.904. The van der Waals surface area contributed by atoms with Gasteiger partial charge in [-0.2, -0.15) is 0 Å². The molecule has 1 aromatic carbocycles. The summed E-state index contributed by atoms with van der Waals surface area (Å²) in [5.74, 6) is -0.202. The van der Waals surface area contributed by atoms with Gasteiger partial charge in [0.25, 0.3) is 0 Å². The fourth-order valence-electron chi connectivity index (χ4n) is 3.89. The molecule has 128 valence electrons. The summed E-state index contributed by atoms with van der Waals surface area (Å²) in [6.45, 7) is 5.95. The molecule has 0 saturated carbocycles. The summed E-state index contributed by atoms with van der Waals surface area (Å²) < 4.78 is 19.5. The molecule has 1 spiro atoms. The van der Waals surface area contributed by atoms with Crippen LogP contribution in [-0.2, 0) is 11.3 Å². The number of halogens is 1. The Labute approximate surface area is 146 Å². The highest BCUT2D eigenvalue weighted by molar-refractivity contribution is 7.11. The van der Waals surface area contributed by atoms with Gasteiger partial charge in [-0.15, -0.1) is 11.3 Å². The average Bonchev–Trinajstić information content (AvgIpc) is 3.23. The van der Waals surface area contributed by atoms with Crippen LogP contribution in [0.25, 0.3) is 0 Å². The van der Waals surface area contributed by atoms with E-state index in [4.69, 9.17) is 4.74 Å². The summed E-state index contributed by atoms with van der Waals surface area (Å²) in [6, 6.07) is 11.4. The zero-order valence-electron chi connectivity index (χ0n) is 13.9. The van der Waals surface area contributed by atoms with E-state index in [1.807, 2.05) is 17.4 Å². The molecule has 0 bridgehead atoms. The second-order valence-corrected chi connectivity index (χ2v) is 8.40. The van der Waals surface area contributed by atoms with Gasteiger partial charge in [0.15, 0.2) is 0 Å². The molecule has 24 heavy (non-hydrogen) atoms. The largest absolute Gasteiger partial charge is 0.380 e. The normalized spacial score (nSPS) is 27.2. The Morgan fingerprint density at radius 2 is 2.29 bits per heavy atom. The second-order valence-electron chi connectivity index (χ2n) is 7.02. The third-order valence-electron chi connectivity index (χ3n) is 4.98.